The van der Waals surface area contributed by atoms with Gasteiger partial charge >= 0.3 is 0 Å². The first-order chi connectivity index (χ1) is 10.1. The number of likely N-dealkylation sites (tertiary alicyclic amines) is 1. The van der Waals surface area contributed by atoms with Crippen molar-refractivity contribution in [3.05, 3.63) is 23.0 Å². The van der Waals surface area contributed by atoms with Crippen LogP contribution in [0, 0.1) is 6.92 Å². The zero-order valence-corrected chi connectivity index (χ0v) is 12.6. The summed E-state index contributed by atoms with van der Waals surface area (Å²) in [5.41, 5.74) is 2.21. The number of nitrogens with zero attached hydrogens (tertiary/aromatic N) is 3. The van der Waals surface area contributed by atoms with E-state index in [-0.39, 0.29) is 5.91 Å². The largest absolute Gasteiger partial charge is 0.347 e. The van der Waals surface area contributed by atoms with Crippen molar-refractivity contribution in [1.29, 1.82) is 0 Å². The molecule has 0 aliphatic carbocycles. The van der Waals surface area contributed by atoms with Gasteiger partial charge in [-0.1, -0.05) is 6.92 Å². The summed E-state index contributed by atoms with van der Waals surface area (Å²) in [6.45, 7) is 6.46. The molecule has 0 aromatic carbocycles. The first-order valence-corrected chi connectivity index (χ1v) is 7.54. The molecule has 0 unspecified atom stereocenters. The van der Waals surface area contributed by atoms with Crippen LogP contribution in [0.5, 0.6) is 0 Å². The van der Waals surface area contributed by atoms with Crippen LogP contribution in [-0.4, -0.2) is 53.1 Å². The summed E-state index contributed by atoms with van der Waals surface area (Å²) < 4.78 is 11.4. The predicted molar refractivity (Wildman–Crippen MR) is 75.9 cm³/mol. The second kappa shape index (κ2) is 5.69. The molecule has 21 heavy (non-hydrogen) atoms. The molecule has 0 bridgehead atoms. The highest BCUT2D eigenvalue weighted by Crippen LogP contribution is 2.31. The normalized spacial score (nSPS) is 21.0. The summed E-state index contributed by atoms with van der Waals surface area (Å²) in [5, 5.41) is 8.17. The Kier molecular flexibility index (Phi) is 3.91. The van der Waals surface area contributed by atoms with Gasteiger partial charge in [0.05, 0.1) is 30.2 Å². The Morgan fingerprint density at radius 2 is 1.95 bits per heavy atom. The first-order valence-electron chi connectivity index (χ1n) is 7.54. The van der Waals surface area contributed by atoms with Crippen molar-refractivity contribution in [2.45, 2.75) is 38.9 Å². The SMILES string of the molecule is CCc1nnc(C)cc1C(=O)N1CCC2(CC1)OCCO2. The van der Waals surface area contributed by atoms with Crippen molar-refractivity contribution < 1.29 is 14.3 Å². The summed E-state index contributed by atoms with van der Waals surface area (Å²) in [7, 11) is 0. The van der Waals surface area contributed by atoms with Crippen LogP contribution in [0.1, 0.15) is 41.5 Å². The zero-order valence-electron chi connectivity index (χ0n) is 12.6. The molecule has 2 aliphatic rings. The lowest BCUT2D eigenvalue weighted by Crippen LogP contribution is -2.47. The molecule has 6 nitrogen and oxygen atoms in total. The Labute approximate surface area is 124 Å². The van der Waals surface area contributed by atoms with E-state index in [0.717, 1.165) is 24.2 Å². The molecule has 0 N–H and O–H groups in total. The van der Waals surface area contributed by atoms with Crippen LogP contribution in [0.2, 0.25) is 0 Å². The number of carbonyl (C=O) groups excluding carboxylic acids is 1. The molecule has 1 amide bonds. The molecule has 114 valence electrons. The van der Waals surface area contributed by atoms with Crippen molar-refractivity contribution in [1.82, 2.24) is 15.1 Å². The van der Waals surface area contributed by atoms with Gasteiger partial charge in [0, 0.05) is 25.9 Å². The fourth-order valence-electron chi connectivity index (χ4n) is 2.97. The second-order valence-electron chi connectivity index (χ2n) is 5.60. The third-order valence-electron chi connectivity index (χ3n) is 4.18. The summed E-state index contributed by atoms with van der Waals surface area (Å²) in [4.78, 5) is 14.6. The van der Waals surface area contributed by atoms with Gasteiger partial charge in [0.2, 0.25) is 0 Å². The highest BCUT2D eigenvalue weighted by molar-refractivity contribution is 5.95. The van der Waals surface area contributed by atoms with Crippen LogP contribution in [0.3, 0.4) is 0 Å². The molecule has 0 saturated carbocycles. The third-order valence-corrected chi connectivity index (χ3v) is 4.18. The van der Waals surface area contributed by atoms with Crippen LogP contribution in [0.25, 0.3) is 0 Å². The van der Waals surface area contributed by atoms with E-state index in [1.807, 2.05) is 24.8 Å². The van der Waals surface area contributed by atoms with Crippen molar-refractivity contribution >= 4 is 5.91 Å². The third kappa shape index (κ3) is 2.78. The van der Waals surface area contributed by atoms with Gasteiger partial charge < -0.3 is 14.4 Å². The molecule has 0 atom stereocenters. The summed E-state index contributed by atoms with van der Waals surface area (Å²) in [6.07, 6.45) is 2.17. The van der Waals surface area contributed by atoms with Crippen molar-refractivity contribution in [2.75, 3.05) is 26.3 Å². The predicted octanol–water partition coefficient (Wildman–Crippen LogP) is 1.33. The number of ether oxygens (including phenoxy) is 2. The van der Waals surface area contributed by atoms with Crippen LogP contribution in [-0.2, 0) is 15.9 Å². The van der Waals surface area contributed by atoms with E-state index >= 15 is 0 Å². The Morgan fingerprint density at radius 3 is 2.57 bits per heavy atom. The summed E-state index contributed by atoms with van der Waals surface area (Å²) in [6, 6.07) is 1.83. The van der Waals surface area contributed by atoms with Crippen LogP contribution in [0.15, 0.2) is 6.07 Å². The smallest absolute Gasteiger partial charge is 0.255 e. The average Bonchev–Trinajstić information content (AvgIpc) is 2.95. The maximum absolute atomic E-state index is 12.7. The van der Waals surface area contributed by atoms with Gasteiger partial charge in [0.15, 0.2) is 5.79 Å². The van der Waals surface area contributed by atoms with Crippen LogP contribution >= 0.6 is 0 Å². The Bertz CT molecular complexity index is 531. The van der Waals surface area contributed by atoms with Gasteiger partial charge in [0.25, 0.3) is 5.91 Å². The molecule has 1 spiro atoms. The first kappa shape index (κ1) is 14.4. The lowest BCUT2D eigenvalue weighted by Gasteiger charge is -2.37. The Morgan fingerprint density at radius 1 is 1.29 bits per heavy atom. The van der Waals surface area contributed by atoms with E-state index in [0.29, 0.717) is 38.3 Å². The molecule has 6 heteroatoms. The van der Waals surface area contributed by atoms with Gasteiger partial charge in [-0.05, 0) is 19.4 Å². The number of hydrogen-bond donors (Lipinski definition) is 0. The topological polar surface area (TPSA) is 64.6 Å². The monoisotopic (exact) mass is 291 g/mol. The average molecular weight is 291 g/mol. The molecule has 1 aromatic heterocycles. The number of hydrogen-bond acceptors (Lipinski definition) is 5. The number of rotatable bonds is 2. The highest BCUT2D eigenvalue weighted by atomic mass is 16.7. The molecular weight excluding hydrogens is 270 g/mol. The van der Waals surface area contributed by atoms with Gasteiger partial charge in [-0.15, -0.1) is 0 Å². The number of amides is 1. The van der Waals surface area contributed by atoms with E-state index < -0.39 is 5.79 Å². The van der Waals surface area contributed by atoms with Crippen LogP contribution in [0.4, 0.5) is 0 Å². The van der Waals surface area contributed by atoms with Gasteiger partial charge in [-0.25, -0.2) is 0 Å². The van der Waals surface area contributed by atoms with Gasteiger partial charge in [0.1, 0.15) is 0 Å². The molecule has 0 radical (unpaired) electrons. The number of aromatic nitrogens is 2. The minimum Gasteiger partial charge on any atom is -0.347 e. The number of carbonyl (C=O) groups is 1. The quantitative estimate of drug-likeness (QED) is 0.822. The lowest BCUT2D eigenvalue weighted by molar-refractivity contribution is -0.181. The second-order valence-corrected chi connectivity index (χ2v) is 5.60. The number of piperidine rings is 1. The molecule has 3 heterocycles. The molecule has 2 aliphatic heterocycles. The Balaban J connectivity index is 1.73. The van der Waals surface area contributed by atoms with Crippen LogP contribution < -0.4 is 0 Å². The molecule has 3 rings (SSSR count). The summed E-state index contributed by atoms with van der Waals surface area (Å²) in [5.74, 6) is -0.408. The van der Waals surface area contributed by atoms with Crippen molar-refractivity contribution in [3.8, 4) is 0 Å². The summed E-state index contributed by atoms with van der Waals surface area (Å²) >= 11 is 0. The van der Waals surface area contributed by atoms with Crippen molar-refractivity contribution in [3.63, 3.8) is 0 Å². The Hall–Kier alpha value is -1.53. The molecule has 2 saturated heterocycles. The van der Waals surface area contributed by atoms with E-state index in [1.165, 1.54) is 0 Å². The standard InChI is InChI=1S/C15H21N3O3/c1-3-13-12(10-11(2)16-17-13)14(19)18-6-4-15(5-7-18)20-8-9-21-15/h10H,3-9H2,1-2H3. The molecule has 2 fully saturated rings. The maximum Gasteiger partial charge on any atom is 0.255 e. The fourth-order valence-corrected chi connectivity index (χ4v) is 2.97. The minimum atomic E-state index is -0.448. The van der Waals surface area contributed by atoms with E-state index in [2.05, 4.69) is 10.2 Å². The molecular formula is C15H21N3O3. The molecule has 1 aromatic rings. The van der Waals surface area contributed by atoms with Gasteiger partial charge in [-0.2, -0.15) is 10.2 Å². The highest BCUT2D eigenvalue weighted by Gasteiger charge is 2.41. The van der Waals surface area contributed by atoms with Crippen molar-refractivity contribution in [2.24, 2.45) is 0 Å². The van der Waals surface area contributed by atoms with E-state index in [4.69, 9.17) is 9.47 Å². The maximum atomic E-state index is 12.7. The lowest BCUT2D eigenvalue weighted by atomic mass is 10.0. The number of aryl methyl sites for hydroxylation is 2. The van der Waals surface area contributed by atoms with E-state index in [9.17, 15) is 4.79 Å². The minimum absolute atomic E-state index is 0.0395. The zero-order chi connectivity index (χ0) is 14.9. The van der Waals surface area contributed by atoms with Gasteiger partial charge in [-0.3, -0.25) is 4.79 Å². The van der Waals surface area contributed by atoms with E-state index in [1.54, 1.807) is 0 Å². The fraction of sp³-hybridized carbons (Fsp3) is 0.667.